The van der Waals surface area contributed by atoms with Crippen LogP contribution in [0.2, 0.25) is 0 Å². The van der Waals surface area contributed by atoms with E-state index in [2.05, 4.69) is 0 Å². The zero-order valence-electron chi connectivity index (χ0n) is 17.2. The Morgan fingerprint density at radius 1 is 1.17 bits per heavy atom. The van der Waals surface area contributed by atoms with Gasteiger partial charge in [0.25, 0.3) is 0 Å². The number of hydrogen-bond donors (Lipinski definition) is 1. The molecule has 0 bridgehead atoms. The highest BCUT2D eigenvalue weighted by molar-refractivity contribution is 14.1. The van der Waals surface area contributed by atoms with Crippen molar-refractivity contribution in [3.05, 3.63) is 0 Å². The summed E-state index contributed by atoms with van der Waals surface area (Å²) in [5.41, 5.74) is -1.17. The summed E-state index contributed by atoms with van der Waals surface area (Å²) in [6, 6.07) is 0. The van der Waals surface area contributed by atoms with Crippen molar-refractivity contribution in [3.63, 3.8) is 0 Å². The molecule has 0 aromatic carbocycles. The van der Waals surface area contributed by atoms with Crippen molar-refractivity contribution in [2.24, 2.45) is 0 Å². The van der Waals surface area contributed by atoms with Crippen molar-refractivity contribution in [3.8, 4) is 0 Å². The van der Waals surface area contributed by atoms with Crippen molar-refractivity contribution in [2.45, 2.75) is 87.3 Å². The normalized spacial score (nSPS) is 22.0. The first-order chi connectivity index (χ1) is 13.0. The van der Waals surface area contributed by atoms with Crippen LogP contribution in [0.15, 0.2) is 0 Å². The summed E-state index contributed by atoms with van der Waals surface area (Å²) in [7, 11) is 0. The first-order valence-corrected chi connectivity index (χ1v) is 10.5. The van der Waals surface area contributed by atoms with Gasteiger partial charge in [0.1, 0.15) is 17.0 Å². The Kier molecular flexibility index (Phi) is 9.18. The molecular formula is C18H29F3INO6. The van der Waals surface area contributed by atoms with Crippen LogP contribution in [0.1, 0.15) is 53.9 Å². The maximum atomic E-state index is 12.4. The van der Waals surface area contributed by atoms with E-state index in [0.29, 0.717) is 12.8 Å². The average Bonchev–Trinajstić information content (AvgIpc) is 2.52. The number of piperidine rings is 1. The molecule has 0 radical (unpaired) electrons. The first-order valence-electron chi connectivity index (χ1n) is 9.21. The number of alkyl halides is 4. The summed E-state index contributed by atoms with van der Waals surface area (Å²) >= 11 is 1.83. The highest BCUT2D eigenvalue weighted by atomic mass is 127. The van der Waals surface area contributed by atoms with Gasteiger partial charge in [0, 0.05) is 11.1 Å². The Bertz CT molecular complexity index is 564. The Balaban J connectivity index is 2.75. The van der Waals surface area contributed by atoms with E-state index in [0.717, 1.165) is 0 Å². The fourth-order valence-electron chi connectivity index (χ4n) is 3.34. The molecule has 7 nitrogen and oxygen atoms in total. The molecule has 1 aliphatic heterocycles. The van der Waals surface area contributed by atoms with Crippen LogP contribution in [0.5, 0.6) is 0 Å². The molecule has 0 aliphatic carbocycles. The van der Waals surface area contributed by atoms with Gasteiger partial charge >= 0.3 is 18.1 Å². The van der Waals surface area contributed by atoms with Crippen molar-refractivity contribution < 1.29 is 42.2 Å². The average molecular weight is 539 g/mol. The minimum atomic E-state index is -4.70. The van der Waals surface area contributed by atoms with E-state index < -0.39 is 52.2 Å². The van der Waals surface area contributed by atoms with Gasteiger partial charge in [-0.25, -0.2) is 0 Å². The molecule has 1 fully saturated rings. The molecule has 0 aromatic rings. The molecule has 11 heteroatoms. The van der Waals surface area contributed by atoms with Gasteiger partial charge in [0.2, 0.25) is 0 Å². The molecule has 29 heavy (non-hydrogen) atoms. The minimum Gasteiger partial charge on any atom is -0.461 e. The molecule has 1 aliphatic rings. The summed E-state index contributed by atoms with van der Waals surface area (Å²) < 4.78 is 52.4. The second-order valence-electron chi connectivity index (χ2n) is 8.45. The van der Waals surface area contributed by atoms with E-state index in [1.54, 1.807) is 6.92 Å². The van der Waals surface area contributed by atoms with Crippen LogP contribution in [0.4, 0.5) is 13.2 Å². The molecule has 1 heterocycles. The van der Waals surface area contributed by atoms with E-state index in [1.807, 2.05) is 50.3 Å². The van der Waals surface area contributed by atoms with E-state index in [1.165, 1.54) is 5.06 Å². The van der Waals surface area contributed by atoms with Gasteiger partial charge in [-0.3, -0.25) is 9.59 Å². The van der Waals surface area contributed by atoms with Gasteiger partial charge in [0.05, 0.1) is 12.7 Å². The number of ether oxygens (including phenoxy) is 3. The molecule has 0 saturated carbocycles. The Morgan fingerprint density at radius 3 is 2.14 bits per heavy atom. The molecule has 0 aromatic heterocycles. The maximum Gasteiger partial charge on any atom is 0.399 e. The van der Waals surface area contributed by atoms with Crippen LogP contribution >= 0.6 is 22.6 Å². The number of nitrogens with zero attached hydrogens (tertiary/aromatic N) is 1. The van der Waals surface area contributed by atoms with Crippen LogP contribution < -0.4 is 0 Å². The molecular weight excluding hydrogens is 510 g/mol. The SMILES string of the molecule is CC(I)C(=O)OCC(COC1CC(C)(C)N(O)C(C)(C)C1)OC(=O)CC(F)(F)F. The predicted octanol–water partition coefficient (Wildman–Crippen LogP) is 3.64. The summed E-state index contributed by atoms with van der Waals surface area (Å²) in [5.74, 6) is -2.03. The number of halogens is 4. The second kappa shape index (κ2) is 10.1. The van der Waals surface area contributed by atoms with Gasteiger partial charge in [-0.2, -0.15) is 18.2 Å². The molecule has 2 atom stereocenters. The van der Waals surface area contributed by atoms with E-state index in [-0.39, 0.29) is 12.7 Å². The van der Waals surface area contributed by atoms with Crippen molar-refractivity contribution in [1.82, 2.24) is 5.06 Å². The lowest BCUT2D eigenvalue weighted by Gasteiger charge is -2.51. The molecule has 2 unspecified atom stereocenters. The lowest BCUT2D eigenvalue weighted by molar-refractivity contribution is -0.263. The van der Waals surface area contributed by atoms with Crippen LogP contribution in [0.25, 0.3) is 0 Å². The Morgan fingerprint density at radius 2 is 1.69 bits per heavy atom. The van der Waals surface area contributed by atoms with Crippen molar-refractivity contribution in [2.75, 3.05) is 13.2 Å². The van der Waals surface area contributed by atoms with Crippen LogP contribution in [0, 0.1) is 0 Å². The standard InChI is InChI=1S/C18H29F3INO6/c1-11(22)15(25)28-10-13(29-14(24)8-18(19,20)21)9-27-12-6-16(2,3)23(26)17(4,5)7-12/h11-13,26H,6-10H2,1-5H3. The number of esters is 2. The predicted molar refractivity (Wildman–Crippen MR) is 106 cm³/mol. The third-order valence-electron chi connectivity index (χ3n) is 4.50. The van der Waals surface area contributed by atoms with Gasteiger partial charge in [-0.05, 0) is 47.5 Å². The monoisotopic (exact) mass is 539 g/mol. The smallest absolute Gasteiger partial charge is 0.399 e. The van der Waals surface area contributed by atoms with Gasteiger partial charge in [0.15, 0.2) is 6.10 Å². The Hall–Kier alpha value is -0.660. The van der Waals surface area contributed by atoms with Gasteiger partial charge in [-0.1, -0.05) is 22.6 Å². The number of hydroxylamine groups is 2. The number of carbonyl (C=O) groups is 2. The lowest BCUT2D eigenvalue weighted by atomic mass is 9.80. The number of rotatable bonds is 8. The fourth-order valence-corrected chi connectivity index (χ4v) is 3.52. The molecule has 0 amide bonds. The number of carbonyl (C=O) groups excluding carboxylic acids is 2. The Labute approximate surface area is 182 Å². The molecule has 1 N–H and O–H groups in total. The third-order valence-corrected chi connectivity index (χ3v) is 5.01. The van der Waals surface area contributed by atoms with Crippen LogP contribution in [0.3, 0.4) is 0 Å². The maximum absolute atomic E-state index is 12.4. The fraction of sp³-hybridized carbons (Fsp3) is 0.889. The van der Waals surface area contributed by atoms with Crippen molar-refractivity contribution in [1.29, 1.82) is 0 Å². The lowest BCUT2D eigenvalue weighted by Crippen LogP contribution is -2.60. The first kappa shape index (κ1) is 26.4. The summed E-state index contributed by atoms with van der Waals surface area (Å²) in [4.78, 5) is 23.2. The minimum absolute atomic E-state index is 0.227. The topological polar surface area (TPSA) is 85.3 Å². The van der Waals surface area contributed by atoms with Crippen LogP contribution in [-0.4, -0.2) is 68.8 Å². The van der Waals surface area contributed by atoms with Gasteiger partial charge in [-0.15, -0.1) is 0 Å². The van der Waals surface area contributed by atoms with E-state index >= 15 is 0 Å². The van der Waals surface area contributed by atoms with E-state index in [4.69, 9.17) is 14.2 Å². The highest BCUT2D eigenvalue weighted by Gasteiger charge is 2.45. The van der Waals surface area contributed by atoms with Crippen LogP contribution in [-0.2, 0) is 23.8 Å². The number of hydrogen-bond acceptors (Lipinski definition) is 7. The van der Waals surface area contributed by atoms with Crippen molar-refractivity contribution >= 4 is 34.5 Å². The summed E-state index contributed by atoms with van der Waals surface area (Å²) in [6.07, 6.45) is -7.00. The van der Waals surface area contributed by atoms with Gasteiger partial charge < -0.3 is 19.4 Å². The molecule has 1 saturated heterocycles. The second-order valence-corrected chi connectivity index (χ2v) is 10.3. The summed E-state index contributed by atoms with van der Waals surface area (Å²) in [5, 5.41) is 11.6. The highest BCUT2D eigenvalue weighted by Crippen LogP contribution is 2.38. The third kappa shape index (κ3) is 8.93. The molecule has 0 spiro atoms. The quantitative estimate of drug-likeness (QED) is 0.287. The largest absolute Gasteiger partial charge is 0.461 e. The van der Waals surface area contributed by atoms with E-state index in [9.17, 15) is 28.0 Å². The molecule has 1 rings (SSSR count). The summed E-state index contributed by atoms with van der Waals surface area (Å²) in [6.45, 7) is 8.33. The molecule has 170 valence electrons. The zero-order valence-corrected chi connectivity index (χ0v) is 19.4. The zero-order chi connectivity index (χ0) is 22.6.